The van der Waals surface area contributed by atoms with Crippen molar-refractivity contribution < 1.29 is 4.74 Å². The first-order valence-electron chi connectivity index (χ1n) is 6.42. The van der Waals surface area contributed by atoms with Gasteiger partial charge in [0.1, 0.15) is 5.75 Å². The first kappa shape index (κ1) is 15.2. The van der Waals surface area contributed by atoms with E-state index >= 15 is 0 Å². The average molecular weight is 310 g/mol. The highest BCUT2D eigenvalue weighted by atomic mass is 35.5. The highest BCUT2D eigenvalue weighted by Crippen LogP contribution is 2.27. The van der Waals surface area contributed by atoms with Crippen LogP contribution in [-0.4, -0.2) is 7.11 Å². The van der Waals surface area contributed by atoms with Gasteiger partial charge in [0.05, 0.1) is 7.11 Å². The van der Waals surface area contributed by atoms with Crippen LogP contribution in [0.5, 0.6) is 5.75 Å². The lowest BCUT2D eigenvalue weighted by Gasteiger charge is -2.18. The van der Waals surface area contributed by atoms with Crippen LogP contribution < -0.4 is 10.1 Å². The van der Waals surface area contributed by atoms with Crippen molar-refractivity contribution in [3.8, 4) is 5.75 Å². The van der Waals surface area contributed by atoms with Crippen molar-refractivity contribution in [2.75, 3.05) is 7.11 Å². The minimum absolute atomic E-state index is 0.137. The van der Waals surface area contributed by atoms with Crippen molar-refractivity contribution in [2.24, 2.45) is 0 Å². The second kappa shape index (κ2) is 6.98. The van der Waals surface area contributed by atoms with Crippen LogP contribution in [0, 0.1) is 0 Å². The molecule has 2 nitrogen and oxygen atoms in total. The minimum Gasteiger partial charge on any atom is -0.496 e. The summed E-state index contributed by atoms with van der Waals surface area (Å²) in [5, 5.41) is 4.78. The third kappa shape index (κ3) is 3.45. The molecule has 20 heavy (non-hydrogen) atoms. The van der Waals surface area contributed by atoms with Gasteiger partial charge in [0.2, 0.25) is 0 Å². The first-order chi connectivity index (χ1) is 9.63. The predicted octanol–water partition coefficient (Wildman–Crippen LogP) is 4.85. The fourth-order valence-corrected chi connectivity index (χ4v) is 2.62. The van der Waals surface area contributed by atoms with Crippen molar-refractivity contribution in [1.82, 2.24) is 5.32 Å². The SMILES string of the molecule is COc1ccccc1[C@@H](C)NCc1c(Cl)cccc1Cl. The van der Waals surface area contributed by atoms with Gasteiger partial charge in [0, 0.05) is 33.8 Å². The molecule has 0 radical (unpaired) electrons. The van der Waals surface area contributed by atoms with E-state index < -0.39 is 0 Å². The van der Waals surface area contributed by atoms with Crippen LogP contribution in [0.3, 0.4) is 0 Å². The van der Waals surface area contributed by atoms with E-state index in [0.717, 1.165) is 16.9 Å². The lowest BCUT2D eigenvalue weighted by Crippen LogP contribution is -2.19. The topological polar surface area (TPSA) is 21.3 Å². The number of nitrogens with one attached hydrogen (secondary N) is 1. The van der Waals surface area contributed by atoms with E-state index in [4.69, 9.17) is 27.9 Å². The van der Waals surface area contributed by atoms with Crippen LogP contribution in [0.1, 0.15) is 24.1 Å². The molecule has 2 rings (SSSR count). The molecule has 4 heteroatoms. The summed E-state index contributed by atoms with van der Waals surface area (Å²) in [6, 6.07) is 13.6. The molecule has 2 aromatic rings. The molecule has 0 unspecified atom stereocenters. The first-order valence-corrected chi connectivity index (χ1v) is 7.18. The Kier molecular flexibility index (Phi) is 5.30. The molecule has 0 saturated carbocycles. The number of ether oxygens (including phenoxy) is 1. The summed E-state index contributed by atoms with van der Waals surface area (Å²) >= 11 is 12.3. The maximum Gasteiger partial charge on any atom is 0.123 e. The van der Waals surface area contributed by atoms with Gasteiger partial charge in [-0.2, -0.15) is 0 Å². The van der Waals surface area contributed by atoms with Gasteiger partial charge in [-0.15, -0.1) is 0 Å². The van der Waals surface area contributed by atoms with Gasteiger partial charge in [0.25, 0.3) is 0 Å². The quantitative estimate of drug-likeness (QED) is 0.852. The van der Waals surface area contributed by atoms with E-state index in [2.05, 4.69) is 12.2 Å². The maximum atomic E-state index is 6.17. The largest absolute Gasteiger partial charge is 0.496 e. The molecule has 1 N–H and O–H groups in total. The zero-order valence-electron chi connectivity index (χ0n) is 11.5. The Morgan fingerprint density at radius 2 is 1.70 bits per heavy atom. The molecule has 1 atom stereocenters. The normalized spacial score (nSPS) is 12.2. The van der Waals surface area contributed by atoms with Gasteiger partial charge in [0.15, 0.2) is 0 Å². The number of methoxy groups -OCH3 is 1. The number of halogens is 2. The molecule has 0 aliphatic rings. The molecule has 0 aliphatic carbocycles. The number of rotatable bonds is 5. The van der Waals surface area contributed by atoms with Gasteiger partial charge in [-0.1, -0.05) is 47.5 Å². The predicted molar refractivity (Wildman–Crippen MR) is 84.7 cm³/mol. The third-order valence-electron chi connectivity index (χ3n) is 3.25. The maximum absolute atomic E-state index is 6.17. The zero-order valence-corrected chi connectivity index (χ0v) is 13.0. The Hall–Kier alpha value is -1.22. The smallest absolute Gasteiger partial charge is 0.123 e. The summed E-state index contributed by atoms with van der Waals surface area (Å²) in [7, 11) is 1.68. The summed E-state index contributed by atoms with van der Waals surface area (Å²) in [6.45, 7) is 2.69. The molecule has 0 heterocycles. The highest BCUT2D eigenvalue weighted by molar-refractivity contribution is 6.35. The molecule has 0 bridgehead atoms. The van der Waals surface area contributed by atoms with E-state index in [-0.39, 0.29) is 6.04 Å². The van der Waals surface area contributed by atoms with Gasteiger partial charge in [-0.25, -0.2) is 0 Å². The van der Waals surface area contributed by atoms with Gasteiger partial charge in [-0.05, 0) is 25.1 Å². The van der Waals surface area contributed by atoms with Crippen LogP contribution in [0.25, 0.3) is 0 Å². The Morgan fingerprint density at radius 1 is 1.05 bits per heavy atom. The Bertz CT molecular complexity index is 566. The number of hydrogen-bond acceptors (Lipinski definition) is 2. The Balaban J connectivity index is 2.11. The van der Waals surface area contributed by atoms with Crippen LogP contribution in [0.15, 0.2) is 42.5 Å². The van der Waals surface area contributed by atoms with E-state index in [1.54, 1.807) is 7.11 Å². The molecular formula is C16H17Cl2NO. The van der Waals surface area contributed by atoms with E-state index in [1.165, 1.54) is 0 Å². The Labute approximate surface area is 129 Å². The van der Waals surface area contributed by atoms with Crippen molar-refractivity contribution in [3.05, 3.63) is 63.6 Å². The number of para-hydroxylation sites is 1. The van der Waals surface area contributed by atoms with Crippen molar-refractivity contribution in [3.63, 3.8) is 0 Å². The standard InChI is InChI=1S/C16H17Cl2NO/c1-11(12-6-3-4-9-16(12)20-2)19-10-13-14(17)7-5-8-15(13)18/h3-9,11,19H,10H2,1-2H3/t11-/m1/s1. The van der Waals surface area contributed by atoms with Crippen molar-refractivity contribution >= 4 is 23.2 Å². The van der Waals surface area contributed by atoms with Crippen LogP contribution in [0.4, 0.5) is 0 Å². The molecule has 0 saturated heterocycles. The van der Waals surface area contributed by atoms with Crippen LogP contribution in [-0.2, 0) is 6.54 Å². The molecule has 106 valence electrons. The lowest BCUT2D eigenvalue weighted by atomic mass is 10.1. The van der Waals surface area contributed by atoms with Crippen molar-refractivity contribution in [1.29, 1.82) is 0 Å². The summed E-state index contributed by atoms with van der Waals surface area (Å²) in [4.78, 5) is 0. The van der Waals surface area contributed by atoms with E-state index in [0.29, 0.717) is 16.6 Å². The summed E-state index contributed by atoms with van der Waals surface area (Å²) < 4.78 is 5.37. The van der Waals surface area contributed by atoms with Gasteiger partial charge < -0.3 is 10.1 Å². The number of benzene rings is 2. The van der Waals surface area contributed by atoms with Crippen LogP contribution in [0.2, 0.25) is 10.0 Å². The lowest BCUT2D eigenvalue weighted by molar-refractivity contribution is 0.401. The highest BCUT2D eigenvalue weighted by Gasteiger charge is 2.12. The summed E-state index contributed by atoms with van der Waals surface area (Å²) in [5.41, 5.74) is 2.02. The third-order valence-corrected chi connectivity index (χ3v) is 3.96. The fourth-order valence-electron chi connectivity index (χ4n) is 2.09. The minimum atomic E-state index is 0.137. The summed E-state index contributed by atoms with van der Waals surface area (Å²) in [6.07, 6.45) is 0. The van der Waals surface area contributed by atoms with E-state index in [1.807, 2.05) is 42.5 Å². The second-order valence-corrected chi connectivity index (χ2v) is 5.36. The molecule has 0 amide bonds. The van der Waals surface area contributed by atoms with E-state index in [9.17, 15) is 0 Å². The van der Waals surface area contributed by atoms with Crippen LogP contribution >= 0.6 is 23.2 Å². The molecule has 0 fully saturated rings. The number of hydrogen-bond donors (Lipinski definition) is 1. The summed E-state index contributed by atoms with van der Waals surface area (Å²) in [5.74, 6) is 0.873. The average Bonchev–Trinajstić information content (AvgIpc) is 2.46. The molecule has 2 aromatic carbocycles. The van der Waals surface area contributed by atoms with Crippen molar-refractivity contribution in [2.45, 2.75) is 19.5 Å². The molecular weight excluding hydrogens is 293 g/mol. The second-order valence-electron chi connectivity index (χ2n) is 4.54. The molecule has 0 spiro atoms. The fraction of sp³-hybridized carbons (Fsp3) is 0.250. The van der Waals surface area contributed by atoms with Gasteiger partial charge >= 0.3 is 0 Å². The Morgan fingerprint density at radius 3 is 2.35 bits per heavy atom. The molecule has 0 aliphatic heterocycles. The monoisotopic (exact) mass is 309 g/mol. The zero-order chi connectivity index (χ0) is 14.5. The van der Waals surface area contributed by atoms with Gasteiger partial charge in [-0.3, -0.25) is 0 Å². The molecule has 0 aromatic heterocycles.